The third-order valence-electron chi connectivity index (χ3n) is 2.69. The Hall–Kier alpha value is -2.14. The molecule has 1 heterocycles. The summed E-state index contributed by atoms with van der Waals surface area (Å²) in [6.45, 7) is 1.73. The lowest BCUT2D eigenvalue weighted by molar-refractivity contribution is 0.0897. The number of rotatable bonds is 4. The molecule has 0 aliphatic carbocycles. The van der Waals surface area contributed by atoms with Gasteiger partial charge in [0.05, 0.1) is 18.4 Å². The molecule has 2 N–H and O–H groups in total. The molecule has 0 aliphatic heterocycles. The largest absolute Gasteiger partial charge is 0.467 e. The number of amides is 1. The number of hydrogen-bond donors (Lipinski definition) is 2. The van der Waals surface area contributed by atoms with Gasteiger partial charge in [0.2, 0.25) is 0 Å². The van der Waals surface area contributed by atoms with Gasteiger partial charge in [0.1, 0.15) is 17.7 Å². The van der Waals surface area contributed by atoms with Crippen LogP contribution in [0.25, 0.3) is 0 Å². The Kier molecular flexibility index (Phi) is 3.97. The van der Waals surface area contributed by atoms with Crippen molar-refractivity contribution in [2.75, 3.05) is 6.54 Å². The molecule has 100 valence electrons. The Morgan fingerprint density at radius 2 is 2.26 bits per heavy atom. The number of furan rings is 1. The van der Waals surface area contributed by atoms with Crippen LogP contribution in [0.2, 0.25) is 0 Å². The average molecular weight is 263 g/mol. The van der Waals surface area contributed by atoms with E-state index in [4.69, 9.17) is 4.42 Å². The minimum Gasteiger partial charge on any atom is -0.467 e. The number of nitrogens with one attached hydrogen (secondary N) is 1. The highest BCUT2D eigenvalue weighted by atomic mass is 19.1. The van der Waals surface area contributed by atoms with Crippen molar-refractivity contribution >= 4 is 5.91 Å². The van der Waals surface area contributed by atoms with Gasteiger partial charge in [-0.05, 0) is 31.2 Å². The molecule has 4 nitrogen and oxygen atoms in total. The summed E-state index contributed by atoms with van der Waals surface area (Å²) in [6, 6.07) is 7.53. The molecule has 0 saturated heterocycles. The first kappa shape index (κ1) is 13.3. The quantitative estimate of drug-likeness (QED) is 0.888. The van der Waals surface area contributed by atoms with Crippen LogP contribution in [0.1, 0.15) is 27.8 Å². The Bertz CT molecular complexity index is 566. The van der Waals surface area contributed by atoms with E-state index in [-0.39, 0.29) is 12.1 Å². The summed E-state index contributed by atoms with van der Waals surface area (Å²) in [5.74, 6) is -0.799. The van der Waals surface area contributed by atoms with E-state index in [1.165, 1.54) is 18.4 Å². The number of halogens is 1. The van der Waals surface area contributed by atoms with Crippen LogP contribution in [0.15, 0.2) is 41.0 Å². The minimum atomic E-state index is -0.952. The number of hydrogen-bond acceptors (Lipinski definition) is 3. The molecule has 1 atom stereocenters. The first-order chi connectivity index (χ1) is 9.08. The number of carbonyl (C=O) groups excluding carboxylic acids is 1. The third-order valence-corrected chi connectivity index (χ3v) is 2.69. The van der Waals surface area contributed by atoms with Crippen molar-refractivity contribution in [2.45, 2.75) is 13.0 Å². The van der Waals surface area contributed by atoms with Gasteiger partial charge in [-0.3, -0.25) is 4.79 Å². The summed E-state index contributed by atoms with van der Waals surface area (Å²) in [7, 11) is 0. The molecule has 0 saturated carbocycles. The molecule has 5 heteroatoms. The molecular weight excluding hydrogens is 249 g/mol. The molecule has 2 aromatic rings. The van der Waals surface area contributed by atoms with Gasteiger partial charge in [-0.2, -0.15) is 0 Å². The maximum Gasteiger partial charge on any atom is 0.254 e. The molecule has 19 heavy (non-hydrogen) atoms. The number of aryl methyl sites for hydroxylation is 1. The molecular formula is C14H14FNO3. The molecule has 1 amide bonds. The van der Waals surface area contributed by atoms with Crippen LogP contribution in [-0.2, 0) is 0 Å². The lowest BCUT2D eigenvalue weighted by Gasteiger charge is -2.10. The summed E-state index contributed by atoms with van der Waals surface area (Å²) in [5.41, 5.74) is 0.754. The summed E-state index contributed by atoms with van der Waals surface area (Å²) in [5, 5.41) is 12.2. The van der Waals surface area contributed by atoms with Gasteiger partial charge in [-0.1, -0.05) is 11.6 Å². The van der Waals surface area contributed by atoms with Crippen molar-refractivity contribution in [3.05, 3.63) is 59.3 Å². The maximum atomic E-state index is 13.5. The molecule has 0 bridgehead atoms. The van der Waals surface area contributed by atoms with E-state index in [1.54, 1.807) is 25.1 Å². The Morgan fingerprint density at radius 3 is 2.95 bits per heavy atom. The fourth-order valence-corrected chi connectivity index (χ4v) is 1.68. The zero-order valence-corrected chi connectivity index (χ0v) is 10.4. The second kappa shape index (κ2) is 5.67. The highest BCUT2D eigenvalue weighted by molar-refractivity contribution is 5.94. The van der Waals surface area contributed by atoms with Crippen LogP contribution in [-0.4, -0.2) is 17.6 Å². The van der Waals surface area contributed by atoms with Crippen molar-refractivity contribution in [2.24, 2.45) is 0 Å². The Balaban J connectivity index is 2.00. The highest BCUT2D eigenvalue weighted by Crippen LogP contribution is 2.13. The molecule has 1 unspecified atom stereocenters. The number of aliphatic hydroxyl groups is 1. The van der Waals surface area contributed by atoms with Gasteiger partial charge in [-0.25, -0.2) is 4.39 Å². The van der Waals surface area contributed by atoms with E-state index in [0.29, 0.717) is 5.76 Å². The topological polar surface area (TPSA) is 62.5 Å². The van der Waals surface area contributed by atoms with Crippen LogP contribution in [0.3, 0.4) is 0 Å². The predicted molar refractivity (Wildman–Crippen MR) is 67.1 cm³/mol. The van der Waals surface area contributed by atoms with Crippen molar-refractivity contribution in [1.29, 1.82) is 0 Å². The first-order valence-corrected chi connectivity index (χ1v) is 5.83. The van der Waals surface area contributed by atoms with Gasteiger partial charge in [0.15, 0.2) is 0 Å². The molecule has 0 aliphatic rings. The standard InChI is InChI=1S/C14H14FNO3/c1-9-4-5-11(15)10(7-9)14(18)16-8-12(17)13-3-2-6-19-13/h2-7,12,17H,8H2,1H3,(H,16,18). The smallest absolute Gasteiger partial charge is 0.254 e. The van der Waals surface area contributed by atoms with Crippen molar-refractivity contribution in [1.82, 2.24) is 5.32 Å². The van der Waals surface area contributed by atoms with Crippen molar-refractivity contribution < 1.29 is 18.7 Å². The van der Waals surface area contributed by atoms with Crippen LogP contribution >= 0.6 is 0 Å². The summed E-state index contributed by atoms with van der Waals surface area (Å²) >= 11 is 0. The van der Waals surface area contributed by atoms with Crippen molar-refractivity contribution in [3.63, 3.8) is 0 Å². The first-order valence-electron chi connectivity index (χ1n) is 5.83. The van der Waals surface area contributed by atoms with Crippen LogP contribution in [0.5, 0.6) is 0 Å². The number of aliphatic hydroxyl groups excluding tert-OH is 1. The third kappa shape index (κ3) is 3.20. The van der Waals surface area contributed by atoms with E-state index in [9.17, 15) is 14.3 Å². The van der Waals surface area contributed by atoms with Crippen LogP contribution < -0.4 is 5.32 Å². The van der Waals surface area contributed by atoms with Gasteiger partial charge >= 0.3 is 0 Å². The maximum absolute atomic E-state index is 13.5. The zero-order valence-electron chi connectivity index (χ0n) is 10.4. The molecule has 0 fully saturated rings. The lowest BCUT2D eigenvalue weighted by atomic mass is 10.1. The van der Waals surface area contributed by atoms with E-state index in [1.807, 2.05) is 0 Å². The minimum absolute atomic E-state index is 0.0355. The molecule has 1 aromatic carbocycles. The SMILES string of the molecule is Cc1ccc(F)c(C(=O)NCC(O)c2ccco2)c1. The van der Waals surface area contributed by atoms with E-state index >= 15 is 0 Å². The number of benzene rings is 1. The Labute approximate surface area is 109 Å². The fraction of sp³-hybridized carbons (Fsp3) is 0.214. The van der Waals surface area contributed by atoms with Gasteiger partial charge in [-0.15, -0.1) is 0 Å². The lowest BCUT2D eigenvalue weighted by Crippen LogP contribution is -2.29. The zero-order chi connectivity index (χ0) is 13.8. The van der Waals surface area contributed by atoms with Gasteiger partial charge in [0.25, 0.3) is 5.91 Å². The summed E-state index contributed by atoms with van der Waals surface area (Å²) in [6.07, 6.45) is 0.479. The normalized spacial score (nSPS) is 12.2. The Morgan fingerprint density at radius 1 is 1.47 bits per heavy atom. The van der Waals surface area contributed by atoms with Gasteiger partial charge < -0.3 is 14.8 Å². The predicted octanol–water partition coefficient (Wildman–Crippen LogP) is 2.19. The monoisotopic (exact) mass is 263 g/mol. The van der Waals surface area contributed by atoms with Crippen LogP contribution in [0, 0.1) is 12.7 Å². The van der Waals surface area contributed by atoms with E-state index in [0.717, 1.165) is 5.56 Å². The van der Waals surface area contributed by atoms with Gasteiger partial charge in [0, 0.05) is 0 Å². The second-order valence-corrected chi connectivity index (χ2v) is 4.22. The molecule has 0 radical (unpaired) electrons. The molecule has 2 rings (SSSR count). The summed E-state index contributed by atoms with van der Waals surface area (Å²) < 4.78 is 18.5. The average Bonchev–Trinajstić information content (AvgIpc) is 2.92. The second-order valence-electron chi connectivity index (χ2n) is 4.22. The van der Waals surface area contributed by atoms with E-state index in [2.05, 4.69) is 5.32 Å². The highest BCUT2D eigenvalue weighted by Gasteiger charge is 2.15. The van der Waals surface area contributed by atoms with Crippen LogP contribution in [0.4, 0.5) is 4.39 Å². The summed E-state index contributed by atoms with van der Waals surface area (Å²) in [4.78, 5) is 11.8. The van der Waals surface area contributed by atoms with Crippen molar-refractivity contribution in [3.8, 4) is 0 Å². The fourth-order valence-electron chi connectivity index (χ4n) is 1.68. The molecule has 1 aromatic heterocycles. The molecule has 0 spiro atoms. The van der Waals surface area contributed by atoms with E-state index < -0.39 is 17.8 Å². The number of carbonyl (C=O) groups is 1.